The number of para-hydroxylation sites is 1. The van der Waals surface area contributed by atoms with Gasteiger partial charge in [-0.3, -0.25) is 0 Å². The van der Waals surface area contributed by atoms with Crippen molar-refractivity contribution >= 4 is 24.1 Å². The van der Waals surface area contributed by atoms with Crippen LogP contribution in [-0.4, -0.2) is 18.5 Å². The summed E-state index contributed by atoms with van der Waals surface area (Å²) in [6.07, 6.45) is 3.22. The first-order valence-corrected chi connectivity index (χ1v) is 8.15. The second-order valence-electron chi connectivity index (χ2n) is 5.39. The van der Waals surface area contributed by atoms with Gasteiger partial charge in [0.25, 0.3) is 0 Å². The molecule has 0 aliphatic heterocycles. The molecule has 5 nitrogen and oxygen atoms in total. The van der Waals surface area contributed by atoms with Gasteiger partial charge in [0, 0.05) is 0 Å². The van der Waals surface area contributed by atoms with Crippen LogP contribution in [0.25, 0.3) is 0 Å². The van der Waals surface area contributed by atoms with E-state index in [9.17, 15) is 4.79 Å². The molecule has 0 aliphatic rings. The number of benzene rings is 3. The van der Waals surface area contributed by atoms with Crippen LogP contribution in [0.5, 0.6) is 0 Å². The molecule has 3 aromatic carbocycles. The monoisotopic (exact) mass is 342 g/mol. The Morgan fingerprint density at radius 3 is 1.81 bits per heavy atom. The highest BCUT2D eigenvalue weighted by Crippen LogP contribution is 2.14. The van der Waals surface area contributed by atoms with Crippen molar-refractivity contribution in [1.29, 1.82) is 0 Å². The molecule has 0 aliphatic carbocycles. The molecular formula is C21H18N4O. The van der Waals surface area contributed by atoms with E-state index < -0.39 is 6.03 Å². The van der Waals surface area contributed by atoms with Crippen LogP contribution < -0.4 is 10.4 Å². The van der Waals surface area contributed by atoms with Crippen LogP contribution in [0.4, 0.5) is 10.5 Å². The summed E-state index contributed by atoms with van der Waals surface area (Å²) in [5.74, 6) is 0. The van der Waals surface area contributed by atoms with Crippen LogP contribution >= 0.6 is 0 Å². The summed E-state index contributed by atoms with van der Waals surface area (Å²) < 4.78 is 0. The number of hydrazone groups is 2. The van der Waals surface area contributed by atoms with Gasteiger partial charge in [-0.25, -0.2) is 10.2 Å². The number of nitrogens with one attached hydrogen (secondary N) is 1. The lowest BCUT2D eigenvalue weighted by atomic mass is 10.2. The molecule has 0 bridgehead atoms. The molecular weight excluding hydrogens is 324 g/mol. The number of nitrogens with zero attached hydrogens (tertiary/aromatic N) is 3. The lowest BCUT2D eigenvalue weighted by Crippen LogP contribution is -2.33. The van der Waals surface area contributed by atoms with Crippen molar-refractivity contribution in [2.75, 3.05) is 5.01 Å². The topological polar surface area (TPSA) is 57.1 Å². The molecule has 0 heterocycles. The third-order valence-electron chi connectivity index (χ3n) is 3.49. The maximum Gasteiger partial charge on any atom is 0.362 e. The van der Waals surface area contributed by atoms with Crippen molar-refractivity contribution in [2.24, 2.45) is 10.2 Å². The minimum absolute atomic E-state index is 0.449. The van der Waals surface area contributed by atoms with Crippen LogP contribution in [0.3, 0.4) is 0 Å². The zero-order valence-electron chi connectivity index (χ0n) is 14.1. The standard InChI is InChI=1S/C21H18N4O/c26-21(24-22-16-18-10-4-1-5-11-18)25(20-14-8-3-9-15-20)23-17-19-12-6-2-7-13-19/h1-17H,(H,24,26)/b22-16-,23-17+. The van der Waals surface area contributed by atoms with Crippen LogP contribution in [0.15, 0.2) is 101 Å². The van der Waals surface area contributed by atoms with Crippen LogP contribution in [0, 0.1) is 0 Å². The van der Waals surface area contributed by atoms with Gasteiger partial charge in [-0.1, -0.05) is 78.9 Å². The number of urea groups is 1. The van der Waals surface area contributed by atoms with Crippen LogP contribution in [0.2, 0.25) is 0 Å². The fraction of sp³-hybridized carbons (Fsp3) is 0. The smallest absolute Gasteiger partial charge is 0.244 e. The van der Waals surface area contributed by atoms with E-state index in [4.69, 9.17) is 0 Å². The minimum atomic E-state index is -0.449. The van der Waals surface area contributed by atoms with Crippen molar-refractivity contribution in [1.82, 2.24) is 5.43 Å². The molecule has 2 amide bonds. The maximum absolute atomic E-state index is 12.5. The van der Waals surface area contributed by atoms with Crippen molar-refractivity contribution in [2.45, 2.75) is 0 Å². The fourth-order valence-electron chi connectivity index (χ4n) is 2.22. The Kier molecular flexibility index (Phi) is 5.88. The van der Waals surface area contributed by atoms with E-state index in [2.05, 4.69) is 15.6 Å². The number of carbonyl (C=O) groups excluding carboxylic acids is 1. The first kappa shape index (κ1) is 17.1. The Labute approximate surface area is 152 Å². The van der Waals surface area contributed by atoms with Crippen molar-refractivity contribution in [3.05, 3.63) is 102 Å². The number of hydrogen-bond acceptors (Lipinski definition) is 3. The second-order valence-corrected chi connectivity index (χ2v) is 5.39. The molecule has 0 aromatic heterocycles. The van der Waals surface area contributed by atoms with Crippen LogP contribution in [0.1, 0.15) is 11.1 Å². The third kappa shape index (κ3) is 4.88. The normalized spacial score (nSPS) is 10.9. The molecule has 0 saturated carbocycles. The highest BCUT2D eigenvalue weighted by atomic mass is 16.2. The molecule has 5 heteroatoms. The summed E-state index contributed by atoms with van der Waals surface area (Å²) in [5, 5.41) is 9.59. The van der Waals surface area contributed by atoms with Crippen molar-refractivity contribution < 1.29 is 4.79 Å². The van der Waals surface area contributed by atoms with Crippen LogP contribution in [-0.2, 0) is 0 Å². The van der Waals surface area contributed by atoms with Gasteiger partial charge >= 0.3 is 6.03 Å². The molecule has 1 N–H and O–H groups in total. The average Bonchev–Trinajstić information content (AvgIpc) is 2.70. The molecule has 0 spiro atoms. The average molecular weight is 342 g/mol. The van der Waals surface area contributed by atoms with Crippen molar-refractivity contribution in [3.63, 3.8) is 0 Å². The van der Waals surface area contributed by atoms with E-state index >= 15 is 0 Å². The molecule has 3 rings (SSSR count). The van der Waals surface area contributed by atoms with Gasteiger partial charge in [0.15, 0.2) is 0 Å². The molecule has 3 aromatic rings. The fourth-order valence-corrected chi connectivity index (χ4v) is 2.22. The number of anilines is 1. The third-order valence-corrected chi connectivity index (χ3v) is 3.49. The first-order valence-electron chi connectivity index (χ1n) is 8.15. The zero-order chi connectivity index (χ0) is 18.0. The molecule has 0 radical (unpaired) electrons. The van der Waals surface area contributed by atoms with E-state index in [1.54, 1.807) is 12.4 Å². The van der Waals surface area contributed by atoms with Crippen molar-refractivity contribution in [3.8, 4) is 0 Å². The molecule has 0 atom stereocenters. The first-order chi connectivity index (χ1) is 12.8. The Morgan fingerprint density at radius 1 is 0.731 bits per heavy atom. The molecule has 128 valence electrons. The van der Waals surface area contributed by atoms with E-state index in [0.717, 1.165) is 11.1 Å². The van der Waals surface area contributed by atoms with Gasteiger partial charge in [-0.2, -0.15) is 15.2 Å². The second kappa shape index (κ2) is 8.94. The number of hydrogen-bond donors (Lipinski definition) is 1. The number of rotatable bonds is 5. The molecule has 0 saturated heterocycles. The zero-order valence-corrected chi connectivity index (χ0v) is 14.1. The number of carbonyl (C=O) groups is 1. The molecule has 26 heavy (non-hydrogen) atoms. The minimum Gasteiger partial charge on any atom is -0.244 e. The van der Waals surface area contributed by atoms with E-state index in [1.807, 2.05) is 91.0 Å². The van der Waals surface area contributed by atoms with E-state index in [0.29, 0.717) is 5.69 Å². The Balaban J connectivity index is 1.75. The van der Waals surface area contributed by atoms with E-state index in [-0.39, 0.29) is 0 Å². The summed E-state index contributed by atoms with van der Waals surface area (Å²) in [5.41, 5.74) is 4.95. The van der Waals surface area contributed by atoms with Gasteiger partial charge in [0.1, 0.15) is 0 Å². The summed E-state index contributed by atoms with van der Waals surface area (Å²) in [6.45, 7) is 0. The predicted octanol–water partition coefficient (Wildman–Crippen LogP) is 4.27. The maximum atomic E-state index is 12.5. The molecule has 0 fully saturated rings. The largest absolute Gasteiger partial charge is 0.362 e. The Hall–Kier alpha value is -3.73. The number of amides is 2. The Bertz CT molecular complexity index is 878. The Morgan fingerprint density at radius 2 is 1.23 bits per heavy atom. The summed E-state index contributed by atoms with van der Waals surface area (Å²) >= 11 is 0. The molecule has 0 unspecified atom stereocenters. The van der Waals surface area contributed by atoms with Gasteiger partial charge in [-0.05, 0) is 23.3 Å². The summed E-state index contributed by atoms with van der Waals surface area (Å²) in [6, 6.07) is 27.9. The predicted molar refractivity (Wildman–Crippen MR) is 106 cm³/mol. The summed E-state index contributed by atoms with van der Waals surface area (Å²) in [7, 11) is 0. The van der Waals surface area contributed by atoms with Gasteiger partial charge in [0.2, 0.25) is 0 Å². The van der Waals surface area contributed by atoms with Gasteiger partial charge in [0.05, 0.1) is 18.1 Å². The van der Waals surface area contributed by atoms with Gasteiger partial charge < -0.3 is 0 Å². The van der Waals surface area contributed by atoms with E-state index in [1.165, 1.54) is 5.01 Å². The SMILES string of the molecule is O=C(N/N=C\c1ccccc1)N(/N=C/c1ccccc1)c1ccccc1. The summed E-state index contributed by atoms with van der Waals surface area (Å²) in [4.78, 5) is 12.5. The lowest BCUT2D eigenvalue weighted by molar-refractivity contribution is 0.247. The lowest BCUT2D eigenvalue weighted by Gasteiger charge is -2.16. The van der Waals surface area contributed by atoms with Gasteiger partial charge in [-0.15, -0.1) is 0 Å². The highest BCUT2D eigenvalue weighted by Gasteiger charge is 2.13. The highest BCUT2D eigenvalue weighted by molar-refractivity contribution is 5.94. The quantitative estimate of drug-likeness (QED) is 0.546.